The minimum Gasteiger partial charge on any atom is -0.206 e. The Morgan fingerprint density at radius 3 is 2.32 bits per heavy atom. The van der Waals surface area contributed by atoms with Crippen LogP contribution < -0.4 is 0 Å². The van der Waals surface area contributed by atoms with Gasteiger partial charge in [-0.05, 0) is 42.0 Å². The Hall–Kier alpha value is -1.89. The zero-order chi connectivity index (χ0) is 13.2. The highest BCUT2D eigenvalue weighted by atomic mass is 19.1. The van der Waals surface area contributed by atoms with Gasteiger partial charge in [-0.25, -0.2) is 4.39 Å². The van der Waals surface area contributed by atoms with Gasteiger partial charge in [-0.2, -0.15) is 0 Å². The number of allylic oxidation sites excluding steroid dienone is 1. The van der Waals surface area contributed by atoms with Crippen LogP contribution in [0.1, 0.15) is 36.5 Å². The van der Waals surface area contributed by atoms with Crippen molar-refractivity contribution in [3.8, 4) is 0 Å². The highest BCUT2D eigenvalue weighted by Crippen LogP contribution is 2.37. The first-order valence-electron chi connectivity index (χ1n) is 6.86. The van der Waals surface area contributed by atoms with E-state index in [4.69, 9.17) is 0 Å². The van der Waals surface area contributed by atoms with Crippen LogP contribution in [0.25, 0.3) is 5.57 Å². The average molecular weight is 252 g/mol. The second-order valence-electron chi connectivity index (χ2n) is 4.97. The van der Waals surface area contributed by atoms with Crippen molar-refractivity contribution in [3.63, 3.8) is 0 Å². The van der Waals surface area contributed by atoms with Crippen molar-refractivity contribution in [2.45, 2.75) is 26.2 Å². The molecule has 2 aromatic carbocycles. The third-order valence-electron chi connectivity index (χ3n) is 3.91. The highest BCUT2D eigenvalue weighted by Gasteiger charge is 2.20. The van der Waals surface area contributed by atoms with Crippen LogP contribution in [-0.2, 0) is 6.42 Å². The summed E-state index contributed by atoms with van der Waals surface area (Å²) in [7, 11) is 0. The fraction of sp³-hybridized carbons (Fsp3) is 0.222. The lowest BCUT2D eigenvalue weighted by atomic mass is 9.81. The summed E-state index contributed by atoms with van der Waals surface area (Å²) in [4.78, 5) is 0. The summed E-state index contributed by atoms with van der Waals surface area (Å²) < 4.78 is 14.1. The van der Waals surface area contributed by atoms with E-state index in [0.29, 0.717) is 0 Å². The molecule has 0 spiro atoms. The van der Waals surface area contributed by atoms with Gasteiger partial charge in [-0.15, -0.1) is 0 Å². The van der Waals surface area contributed by atoms with Crippen LogP contribution in [0.15, 0.2) is 54.1 Å². The Kier molecular flexibility index (Phi) is 3.20. The third kappa shape index (κ3) is 2.10. The molecule has 0 fully saturated rings. The van der Waals surface area contributed by atoms with Gasteiger partial charge in [-0.3, -0.25) is 0 Å². The monoisotopic (exact) mass is 252 g/mol. The standard InChI is InChI=1S/C18H17F/c1-2-13-11-12-14-7-3-4-8-15(14)18(13)16-9-5-6-10-17(16)19/h3-10H,2,11-12H2,1H3. The Labute approximate surface area is 113 Å². The molecule has 0 unspecified atom stereocenters. The average Bonchev–Trinajstić information content (AvgIpc) is 2.47. The van der Waals surface area contributed by atoms with Gasteiger partial charge in [0.15, 0.2) is 0 Å². The summed E-state index contributed by atoms with van der Waals surface area (Å²) in [5.41, 5.74) is 5.76. The molecule has 0 amide bonds. The van der Waals surface area contributed by atoms with E-state index >= 15 is 0 Å². The van der Waals surface area contributed by atoms with Crippen molar-refractivity contribution >= 4 is 5.57 Å². The smallest absolute Gasteiger partial charge is 0.131 e. The van der Waals surface area contributed by atoms with Gasteiger partial charge >= 0.3 is 0 Å². The molecule has 0 bridgehead atoms. The quantitative estimate of drug-likeness (QED) is 0.706. The number of aryl methyl sites for hydroxylation is 1. The lowest BCUT2D eigenvalue weighted by Crippen LogP contribution is -2.07. The van der Waals surface area contributed by atoms with Crippen molar-refractivity contribution in [2.24, 2.45) is 0 Å². The first-order valence-corrected chi connectivity index (χ1v) is 6.86. The van der Waals surface area contributed by atoms with Crippen LogP contribution >= 0.6 is 0 Å². The fourth-order valence-corrected chi connectivity index (χ4v) is 2.94. The molecular weight excluding hydrogens is 235 g/mol. The maximum atomic E-state index is 14.1. The molecule has 1 aliphatic rings. The van der Waals surface area contributed by atoms with Gasteiger partial charge in [-0.1, -0.05) is 55.0 Å². The van der Waals surface area contributed by atoms with Gasteiger partial charge < -0.3 is 0 Å². The van der Waals surface area contributed by atoms with Gasteiger partial charge in [0, 0.05) is 5.56 Å². The first kappa shape index (κ1) is 12.2. The molecule has 0 radical (unpaired) electrons. The minimum absolute atomic E-state index is 0.125. The molecule has 19 heavy (non-hydrogen) atoms. The van der Waals surface area contributed by atoms with Crippen molar-refractivity contribution in [1.29, 1.82) is 0 Å². The summed E-state index contributed by atoms with van der Waals surface area (Å²) in [5.74, 6) is -0.125. The molecule has 0 aromatic heterocycles. The summed E-state index contributed by atoms with van der Waals surface area (Å²) in [5, 5.41) is 0. The van der Waals surface area contributed by atoms with Crippen LogP contribution in [-0.4, -0.2) is 0 Å². The van der Waals surface area contributed by atoms with E-state index in [1.54, 1.807) is 12.1 Å². The Morgan fingerprint density at radius 2 is 1.58 bits per heavy atom. The van der Waals surface area contributed by atoms with Crippen LogP contribution in [0.3, 0.4) is 0 Å². The van der Waals surface area contributed by atoms with E-state index in [0.717, 1.165) is 30.4 Å². The number of hydrogen-bond acceptors (Lipinski definition) is 0. The molecule has 3 rings (SSSR count). The van der Waals surface area contributed by atoms with Crippen molar-refractivity contribution < 1.29 is 4.39 Å². The maximum Gasteiger partial charge on any atom is 0.131 e. The lowest BCUT2D eigenvalue weighted by molar-refractivity contribution is 0.623. The van der Waals surface area contributed by atoms with E-state index in [1.807, 2.05) is 18.2 Å². The predicted molar refractivity (Wildman–Crippen MR) is 77.5 cm³/mol. The predicted octanol–water partition coefficient (Wildman–Crippen LogP) is 4.98. The molecule has 1 aliphatic carbocycles. The normalized spacial score (nSPS) is 14.4. The second kappa shape index (κ2) is 5.00. The van der Waals surface area contributed by atoms with E-state index < -0.39 is 0 Å². The van der Waals surface area contributed by atoms with Crippen LogP contribution in [0.2, 0.25) is 0 Å². The van der Waals surface area contributed by atoms with Crippen molar-refractivity contribution in [2.75, 3.05) is 0 Å². The first-order chi connectivity index (χ1) is 9.31. The number of rotatable bonds is 2. The van der Waals surface area contributed by atoms with Gasteiger partial charge in [0.1, 0.15) is 5.82 Å². The summed E-state index contributed by atoms with van der Waals surface area (Å²) in [6.07, 6.45) is 3.09. The maximum absolute atomic E-state index is 14.1. The summed E-state index contributed by atoms with van der Waals surface area (Å²) in [6, 6.07) is 15.5. The van der Waals surface area contributed by atoms with Crippen molar-refractivity contribution in [3.05, 3.63) is 76.6 Å². The zero-order valence-corrected chi connectivity index (χ0v) is 11.1. The van der Waals surface area contributed by atoms with Crippen molar-refractivity contribution in [1.82, 2.24) is 0 Å². The number of fused-ring (bicyclic) bond motifs is 1. The third-order valence-corrected chi connectivity index (χ3v) is 3.91. The molecule has 0 saturated carbocycles. The number of halogens is 1. The molecule has 0 saturated heterocycles. The van der Waals surface area contributed by atoms with Gasteiger partial charge in [0.25, 0.3) is 0 Å². The molecule has 96 valence electrons. The Balaban J connectivity index is 2.26. The number of benzene rings is 2. The highest BCUT2D eigenvalue weighted by molar-refractivity contribution is 5.85. The Bertz CT molecular complexity index is 638. The topological polar surface area (TPSA) is 0 Å². The molecule has 1 heteroatoms. The van der Waals surface area contributed by atoms with Gasteiger partial charge in [0.05, 0.1) is 0 Å². The van der Waals surface area contributed by atoms with E-state index in [1.165, 1.54) is 16.7 Å². The van der Waals surface area contributed by atoms with Crippen LogP contribution in [0.5, 0.6) is 0 Å². The Morgan fingerprint density at radius 1 is 0.895 bits per heavy atom. The van der Waals surface area contributed by atoms with Crippen LogP contribution in [0, 0.1) is 5.82 Å². The SMILES string of the molecule is CCC1=C(c2ccccc2F)c2ccccc2CC1. The molecule has 0 nitrogen and oxygen atoms in total. The van der Waals surface area contributed by atoms with E-state index in [2.05, 4.69) is 25.1 Å². The minimum atomic E-state index is -0.125. The van der Waals surface area contributed by atoms with Gasteiger partial charge in [0.2, 0.25) is 0 Å². The molecule has 2 aromatic rings. The van der Waals surface area contributed by atoms with E-state index in [9.17, 15) is 4.39 Å². The second-order valence-corrected chi connectivity index (χ2v) is 4.97. The molecular formula is C18H17F. The molecule has 0 aliphatic heterocycles. The lowest BCUT2D eigenvalue weighted by Gasteiger charge is -2.23. The molecule has 0 atom stereocenters. The number of hydrogen-bond donors (Lipinski definition) is 0. The largest absolute Gasteiger partial charge is 0.206 e. The summed E-state index contributed by atoms with van der Waals surface area (Å²) in [6.45, 7) is 2.16. The van der Waals surface area contributed by atoms with E-state index in [-0.39, 0.29) is 5.82 Å². The zero-order valence-electron chi connectivity index (χ0n) is 11.1. The molecule has 0 N–H and O–H groups in total. The summed E-state index contributed by atoms with van der Waals surface area (Å²) >= 11 is 0. The van der Waals surface area contributed by atoms with Crippen LogP contribution in [0.4, 0.5) is 4.39 Å². The molecule has 0 heterocycles. The fourth-order valence-electron chi connectivity index (χ4n) is 2.94.